The largest absolute Gasteiger partial charge is 0.320 e. The fourth-order valence-electron chi connectivity index (χ4n) is 1.60. The number of rotatable bonds is 6. The zero-order valence-corrected chi connectivity index (χ0v) is 11.2. The van der Waals surface area contributed by atoms with E-state index in [1.54, 1.807) is 0 Å². The standard InChI is InChI=1S/C13H20BrN/c1-11(9-10-15-2)3-4-12-5-7-13(14)8-6-12/h5-8,11,15H,3-4,9-10H2,1-2H3. The second kappa shape index (κ2) is 7.02. The van der Waals surface area contributed by atoms with Gasteiger partial charge in [-0.25, -0.2) is 0 Å². The lowest BCUT2D eigenvalue weighted by molar-refractivity contribution is 0.482. The molecule has 0 saturated heterocycles. The number of hydrogen-bond acceptors (Lipinski definition) is 1. The molecule has 0 aliphatic heterocycles. The van der Waals surface area contributed by atoms with Crippen LogP contribution in [0.3, 0.4) is 0 Å². The molecule has 1 aromatic carbocycles. The number of benzene rings is 1. The van der Waals surface area contributed by atoms with Crippen LogP contribution >= 0.6 is 15.9 Å². The minimum Gasteiger partial charge on any atom is -0.320 e. The van der Waals surface area contributed by atoms with E-state index in [1.807, 2.05) is 7.05 Å². The SMILES string of the molecule is CNCCC(C)CCc1ccc(Br)cc1. The highest BCUT2D eigenvalue weighted by Gasteiger charge is 2.01. The summed E-state index contributed by atoms with van der Waals surface area (Å²) in [4.78, 5) is 0. The Kier molecular flexibility index (Phi) is 5.96. The minimum absolute atomic E-state index is 0.807. The Bertz CT molecular complexity index is 268. The lowest BCUT2D eigenvalue weighted by Crippen LogP contribution is -2.11. The molecule has 15 heavy (non-hydrogen) atoms. The van der Waals surface area contributed by atoms with E-state index in [4.69, 9.17) is 0 Å². The van der Waals surface area contributed by atoms with Crippen molar-refractivity contribution in [2.75, 3.05) is 13.6 Å². The smallest absolute Gasteiger partial charge is 0.0175 e. The first-order valence-corrected chi connectivity index (χ1v) is 6.40. The molecule has 0 saturated carbocycles. The van der Waals surface area contributed by atoms with Gasteiger partial charge in [-0.05, 0) is 56.5 Å². The normalized spacial score (nSPS) is 12.7. The van der Waals surface area contributed by atoms with E-state index in [0.717, 1.165) is 16.9 Å². The van der Waals surface area contributed by atoms with Crippen LogP contribution in [0.5, 0.6) is 0 Å². The maximum absolute atomic E-state index is 3.45. The van der Waals surface area contributed by atoms with E-state index in [9.17, 15) is 0 Å². The Labute approximate surface area is 101 Å². The molecule has 0 aliphatic carbocycles. The van der Waals surface area contributed by atoms with Gasteiger partial charge in [-0.2, -0.15) is 0 Å². The molecular formula is C13H20BrN. The van der Waals surface area contributed by atoms with Crippen molar-refractivity contribution < 1.29 is 0 Å². The molecule has 0 fully saturated rings. The van der Waals surface area contributed by atoms with Gasteiger partial charge in [0.05, 0.1) is 0 Å². The highest BCUT2D eigenvalue weighted by Crippen LogP contribution is 2.15. The Morgan fingerprint density at radius 1 is 1.20 bits per heavy atom. The molecule has 1 rings (SSSR count). The van der Waals surface area contributed by atoms with Crippen molar-refractivity contribution in [1.82, 2.24) is 5.32 Å². The molecular weight excluding hydrogens is 250 g/mol. The van der Waals surface area contributed by atoms with Gasteiger partial charge in [-0.15, -0.1) is 0 Å². The van der Waals surface area contributed by atoms with Crippen molar-refractivity contribution in [1.29, 1.82) is 0 Å². The van der Waals surface area contributed by atoms with Crippen LogP contribution in [0.2, 0.25) is 0 Å². The summed E-state index contributed by atoms with van der Waals surface area (Å²) in [6, 6.07) is 8.64. The Morgan fingerprint density at radius 2 is 1.87 bits per heavy atom. The van der Waals surface area contributed by atoms with Crippen LogP contribution in [0.1, 0.15) is 25.3 Å². The molecule has 0 aliphatic rings. The predicted molar refractivity (Wildman–Crippen MR) is 70.2 cm³/mol. The molecule has 0 spiro atoms. The summed E-state index contributed by atoms with van der Waals surface area (Å²) in [5.41, 5.74) is 1.44. The van der Waals surface area contributed by atoms with E-state index in [-0.39, 0.29) is 0 Å². The zero-order chi connectivity index (χ0) is 11.1. The molecule has 84 valence electrons. The van der Waals surface area contributed by atoms with E-state index in [0.29, 0.717) is 0 Å². The number of nitrogens with one attached hydrogen (secondary N) is 1. The summed E-state index contributed by atoms with van der Waals surface area (Å²) < 4.78 is 1.16. The summed E-state index contributed by atoms with van der Waals surface area (Å²) in [6.07, 6.45) is 3.74. The summed E-state index contributed by atoms with van der Waals surface area (Å²) in [6.45, 7) is 3.46. The highest BCUT2D eigenvalue weighted by molar-refractivity contribution is 9.10. The van der Waals surface area contributed by atoms with E-state index in [2.05, 4.69) is 52.4 Å². The van der Waals surface area contributed by atoms with Gasteiger partial charge in [0.25, 0.3) is 0 Å². The summed E-state index contributed by atoms with van der Waals surface area (Å²) in [5, 5.41) is 3.20. The monoisotopic (exact) mass is 269 g/mol. The van der Waals surface area contributed by atoms with Gasteiger partial charge in [0, 0.05) is 4.47 Å². The predicted octanol–water partition coefficient (Wildman–Crippen LogP) is 3.63. The lowest BCUT2D eigenvalue weighted by Gasteiger charge is -2.10. The summed E-state index contributed by atoms with van der Waals surface area (Å²) >= 11 is 3.45. The van der Waals surface area contributed by atoms with E-state index in [1.165, 1.54) is 24.8 Å². The van der Waals surface area contributed by atoms with Gasteiger partial charge in [-0.1, -0.05) is 35.0 Å². The fourth-order valence-corrected chi connectivity index (χ4v) is 1.86. The molecule has 1 aromatic rings. The Hall–Kier alpha value is -0.340. The molecule has 0 bridgehead atoms. The maximum atomic E-state index is 3.45. The number of halogens is 1. The summed E-state index contributed by atoms with van der Waals surface area (Å²) in [5.74, 6) is 0.807. The van der Waals surface area contributed by atoms with Crippen molar-refractivity contribution in [2.24, 2.45) is 5.92 Å². The van der Waals surface area contributed by atoms with Gasteiger partial charge in [0.15, 0.2) is 0 Å². The fraction of sp³-hybridized carbons (Fsp3) is 0.538. The Morgan fingerprint density at radius 3 is 2.47 bits per heavy atom. The lowest BCUT2D eigenvalue weighted by atomic mass is 9.98. The van der Waals surface area contributed by atoms with Gasteiger partial charge in [0.1, 0.15) is 0 Å². The zero-order valence-electron chi connectivity index (χ0n) is 9.59. The molecule has 1 unspecified atom stereocenters. The highest BCUT2D eigenvalue weighted by atomic mass is 79.9. The van der Waals surface area contributed by atoms with Crippen LogP contribution in [-0.4, -0.2) is 13.6 Å². The van der Waals surface area contributed by atoms with Gasteiger partial charge < -0.3 is 5.32 Å². The van der Waals surface area contributed by atoms with Crippen LogP contribution in [0.15, 0.2) is 28.7 Å². The average Bonchev–Trinajstić information content (AvgIpc) is 2.25. The first-order valence-electron chi connectivity index (χ1n) is 5.61. The Balaban J connectivity index is 2.27. The van der Waals surface area contributed by atoms with Gasteiger partial charge in [-0.3, -0.25) is 0 Å². The van der Waals surface area contributed by atoms with Crippen molar-refractivity contribution in [3.63, 3.8) is 0 Å². The topological polar surface area (TPSA) is 12.0 Å². The second-order valence-electron chi connectivity index (χ2n) is 4.16. The van der Waals surface area contributed by atoms with Crippen molar-refractivity contribution in [3.8, 4) is 0 Å². The molecule has 1 N–H and O–H groups in total. The third-order valence-electron chi connectivity index (χ3n) is 2.73. The van der Waals surface area contributed by atoms with Crippen LogP contribution in [-0.2, 0) is 6.42 Å². The molecule has 2 heteroatoms. The van der Waals surface area contributed by atoms with E-state index < -0.39 is 0 Å². The van der Waals surface area contributed by atoms with Crippen LogP contribution in [0.25, 0.3) is 0 Å². The minimum atomic E-state index is 0.807. The molecule has 0 heterocycles. The third kappa shape index (κ3) is 5.33. The van der Waals surface area contributed by atoms with Crippen LogP contribution < -0.4 is 5.32 Å². The van der Waals surface area contributed by atoms with Crippen molar-refractivity contribution in [2.45, 2.75) is 26.2 Å². The average molecular weight is 270 g/mol. The van der Waals surface area contributed by atoms with Crippen molar-refractivity contribution >= 4 is 15.9 Å². The third-order valence-corrected chi connectivity index (χ3v) is 3.25. The molecule has 0 radical (unpaired) electrons. The van der Waals surface area contributed by atoms with Gasteiger partial charge in [0.2, 0.25) is 0 Å². The maximum Gasteiger partial charge on any atom is 0.0175 e. The first-order chi connectivity index (χ1) is 7.22. The van der Waals surface area contributed by atoms with Gasteiger partial charge >= 0.3 is 0 Å². The number of aryl methyl sites for hydroxylation is 1. The second-order valence-corrected chi connectivity index (χ2v) is 5.08. The van der Waals surface area contributed by atoms with E-state index >= 15 is 0 Å². The van der Waals surface area contributed by atoms with Crippen LogP contribution in [0.4, 0.5) is 0 Å². The first kappa shape index (κ1) is 12.7. The van der Waals surface area contributed by atoms with Crippen molar-refractivity contribution in [3.05, 3.63) is 34.3 Å². The molecule has 0 aromatic heterocycles. The molecule has 0 amide bonds. The summed E-state index contributed by atoms with van der Waals surface area (Å²) in [7, 11) is 2.02. The van der Waals surface area contributed by atoms with Crippen LogP contribution in [0, 0.1) is 5.92 Å². The molecule has 1 nitrogen and oxygen atoms in total. The quantitative estimate of drug-likeness (QED) is 0.832. The molecule has 1 atom stereocenters. The number of hydrogen-bond donors (Lipinski definition) is 1.